The first kappa shape index (κ1) is 12.9. The van der Waals surface area contributed by atoms with Crippen LogP contribution in [0.3, 0.4) is 0 Å². The van der Waals surface area contributed by atoms with E-state index in [2.05, 4.69) is 0 Å². The van der Waals surface area contributed by atoms with Crippen LogP contribution in [0.2, 0.25) is 0 Å². The van der Waals surface area contributed by atoms with Crippen LogP contribution in [-0.2, 0) is 14.6 Å². The monoisotopic (exact) mass is 235 g/mol. The van der Waals surface area contributed by atoms with Crippen molar-refractivity contribution in [1.82, 2.24) is 0 Å². The van der Waals surface area contributed by atoms with Gasteiger partial charge in [0.2, 0.25) is 0 Å². The molecule has 1 saturated heterocycles. The molecule has 4 nitrogen and oxygen atoms in total. The second-order valence-electron chi connectivity index (χ2n) is 4.27. The highest BCUT2D eigenvalue weighted by Crippen LogP contribution is 2.19. The van der Waals surface area contributed by atoms with Gasteiger partial charge in [-0.25, -0.2) is 8.42 Å². The number of hydrogen-bond acceptors (Lipinski definition) is 4. The van der Waals surface area contributed by atoms with Crippen molar-refractivity contribution in [3.63, 3.8) is 0 Å². The van der Waals surface area contributed by atoms with Crippen LogP contribution in [0.5, 0.6) is 0 Å². The Kier molecular flexibility index (Phi) is 5.02. The lowest BCUT2D eigenvalue weighted by atomic mass is 10.0. The van der Waals surface area contributed by atoms with Crippen molar-refractivity contribution in [2.75, 3.05) is 25.5 Å². The molecule has 0 aliphatic carbocycles. The summed E-state index contributed by atoms with van der Waals surface area (Å²) in [6, 6.07) is 0. The highest BCUT2D eigenvalue weighted by Gasteiger charge is 2.25. The molecule has 15 heavy (non-hydrogen) atoms. The largest absolute Gasteiger partial charge is 0.381 e. The summed E-state index contributed by atoms with van der Waals surface area (Å²) in [6.45, 7) is 3.59. The van der Waals surface area contributed by atoms with E-state index in [-0.39, 0.29) is 11.2 Å². The minimum absolute atomic E-state index is 0.281. The van der Waals surface area contributed by atoms with Gasteiger partial charge < -0.3 is 10.5 Å². The fourth-order valence-corrected chi connectivity index (χ4v) is 3.63. The summed E-state index contributed by atoms with van der Waals surface area (Å²) in [5.74, 6) is 0.585. The average molecular weight is 235 g/mol. The normalized spacial score (nSPS) is 21.5. The molecule has 1 aliphatic heterocycles. The molecule has 1 fully saturated rings. The quantitative estimate of drug-likeness (QED) is 0.756. The molecule has 2 N–H and O–H groups in total. The summed E-state index contributed by atoms with van der Waals surface area (Å²) < 4.78 is 29.0. The number of hydrogen-bond donors (Lipinski definition) is 1. The summed E-state index contributed by atoms with van der Waals surface area (Å²) in [6.07, 6.45) is 2.30. The SMILES string of the molecule is CC(CCN)S(=O)(=O)CC1CCOCC1. The number of ether oxygens (including phenoxy) is 1. The van der Waals surface area contributed by atoms with E-state index < -0.39 is 9.84 Å². The van der Waals surface area contributed by atoms with E-state index in [9.17, 15) is 8.42 Å². The maximum absolute atomic E-state index is 11.9. The molecular formula is C10H21NO3S. The zero-order chi connectivity index (χ0) is 11.3. The highest BCUT2D eigenvalue weighted by molar-refractivity contribution is 7.92. The first-order valence-corrected chi connectivity index (χ1v) is 7.27. The van der Waals surface area contributed by atoms with Crippen LogP contribution >= 0.6 is 0 Å². The lowest BCUT2D eigenvalue weighted by Crippen LogP contribution is -2.30. The van der Waals surface area contributed by atoms with Crippen molar-refractivity contribution >= 4 is 9.84 Å². The van der Waals surface area contributed by atoms with E-state index in [0.29, 0.717) is 31.9 Å². The van der Waals surface area contributed by atoms with Gasteiger partial charge in [0, 0.05) is 13.2 Å². The lowest BCUT2D eigenvalue weighted by molar-refractivity contribution is 0.0723. The molecule has 0 radical (unpaired) electrons. The van der Waals surface area contributed by atoms with Crippen LogP contribution in [-0.4, -0.2) is 39.2 Å². The van der Waals surface area contributed by atoms with Crippen molar-refractivity contribution in [1.29, 1.82) is 0 Å². The molecule has 0 saturated carbocycles. The third-order valence-corrected chi connectivity index (χ3v) is 5.39. The maximum Gasteiger partial charge on any atom is 0.153 e. The summed E-state index contributed by atoms with van der Waals surface area (Å²) >= 11 is 0. The van der Waals surface area contributed by atoms with Crippen LogP contribution in [0.15, 0.2) is 0 Å². The Labute approximate surface area is 92.1 Å². The Morgan fingerprint density at radius 2 is 2.00 bits per heavy atom. The van der Waals surface area contributed by atoms with Gasteiger partial charge >= 0.3 is 0 Å². The molecule has 0 amide bonds. The second-order valence-corrected chi connectivity index (χ2v) is 6.74. The van der Waals surface area contributed by atoms with Crippen molar-refractivity contribution in [3.8, 4) is 0 Å². The molecule has 0 bridgehead atoms. The van der Waals surface area contributed by atoms with E-state index in [0.717, 1.165) is 12.8 Å². The summed E-state index contributed by atoms with van der Waals surface area (Å²) in [5, 5.41) is -0.301. The predicted molar refractivity (Wildman–Crippen MR) is 60.5 cm³/mol. The van der Waals surface area contributed by atoms with Gasteiger partial charge in [0.25, 0.3) is 0 Å². The second kappa shape index (κ2) is 5.82. The maximum atomic E-state index is 11.9. The molecule has 90 valence electrons. The van der Waals surface area contributed by atoms with Crippen LogP contribution in [0, 0.1) is 5.92 Å². The smallest absolute Gasteiger partial charge is 0.153 e. The molecule has 0 aromatic heterocycles. The fraction of sp³-hybridized carbons (Fsp3) is 1.00. The van der Waals surface area contributed by atoms with Gasteiger partial charge in [-0.1, -0.05) is 0 Å². The number of nitrogens with two attached hydrogens (primary N) is 1. The Balaban J connectivity index is 2.47. The van der Waals surface area contributed by atoms with Crippen molar-refractivity contribution in [2.45, 2.75) is 31.4 Å². The van der Waals surface area contributed by atoms with Gasteiger partial charge in [0.1, 0.15) is 0 Å². The Morgan fingerprint density at radius 3 is 2.53 bits per heavy atom. The molecule has 1 atom stereocenters. The number of sulfone groups is 1. The molecule has 5 heteroatoms. The van der Waals surface area contributed by atoms with Gasteiger partial charge in [-0.15, -0.1) is 0 Å². The molecule has 0 spiro atoms. The van der Waals surface area contributed by atoms with Gasteiger partial charge in [0.05, 0.1) is 11.0 Å². The molecule has 1 heterocycles. The van der Waals surface area contributed by atoms with Gasteiger partial charge in [-0.2, -0.15) is 0 Å². The Morgan fingerprint density at radius 1 is 1.40 bits per heavy atom. The fourth-order valence-electron chi connectivity index (χ4n) is 1.82. The van der Waals surface area contributed by atoms with Gasteiger partial charge in [-0.3, -0.25) is 0 Å². The third kappa shape index (κ3) is 4.09. The van der Waals surface area contributed by atoms with E-state index in [1.54, 1.807) is 6.92 Å². The van der Waals surface area contributed by atoms with E-state index in [1.165, 1.54) is 0 Å². The standard InChI is InChI=1S/C10H21NO3S/c1-9(2-5-11)15(12,13)8-10-3-6-14-7-4-10/h9-10H,2-8,11H2,1H3. The molecule has 1 unspecified atom stereocenters. The summed E-state index contributed by atoms with van der Waals surface area (Å²) in [4.78, 5) is 0. The van der Waals surface area contributed by atoms with Crippen LogP contribution in [0.25, 0.3) is 0 Å². The summed E-state index contributed by atoms with van der Waals surface area (Å²) in [7, 11) is -2.96. The lowest BCUT2D eigenvalue weighted by Gasteiger charge is -2.23. The minimum atomic E-state index is -2.96. The topological polar surface area (TPSA) is 69.4 Å². The molecule has 1 aliphatic rings. The first-order chi connectivity index (χ1) is 7.06. The average Bonchev–Trinajstić information content (AvgIpc) is 2.19. The van der Waals surface area contributed by atoms with Gasteiger partial charge in [0.15, 0.2) is 9.84 Å². The van der Waals surface area contributed by atoms with Crippen molar-refractivity contribution in [2.24, 2.45) is 11.7 Å². The van der Waals surface area contributed by atoms with E-state index in [4.69, 9.17) is 10.5 Å². The van der Waals surface area contributed by atoms with Gasteiger partial charge in [-0.05, 0) is 38.6 Å². The third-order valence-electron chi connectivity index (χ3n) is 3.00. The first-order valence-electron chi connectivity index (χ1n) is 5.55. The van der Waals surface area contributed by atoms with Crippen molar-refractivity contribution < 1.29 is 13.2 Å². The molecule has 0 aromatic carbocycles. The minimum Gasteiger partial charge on any atom is -0.381 e. The molecule has 0 aromatic rings. The zero-order valence-corrected chi connectivity index (χ0v) is 10.1. The van der Waals surface area contributed by atoms with E-state index in [1.807, 2.05) is 0 Å². The Bertz CT molecular complexity index is 270. The predicted octanol–water partition coefficient (Wildman–Crippen LogP) is 0.565. The van der Waals surface area contributed by atoms with Crippen molar-refractivity contribution in [3.05, 3.63) is 0 Å². The highest BCUT2D eigenvalue weighted by atomic mass is 32.2. The molecular weight excluding hydrogens is 214 g/mol. The van der Waals surface area contributed by atoms with Crippen LogP contribution in [0.1, 0.15) is 26.2 Å². The van der Waals surface area contributed by atoms with Crippen LogP contribution in [0.4, 0.5) is 0 Å². The number of rotatable bonds is 5. The van der Waals surface area contributed by atoms with E-state index >= 15 is 0 Å². The summed E-state index contributed by atoms with van der Waals surface area (Å²) in [5.41, 5.74) is 5.37. The zero-order valence-electron chi connectivity index (χ0n) is 9.31. The molecule has 1 rings (SSSR count). The van der Waals surface area contributed by atoms with Crippen LogP contribution < -0.4 is 5.73 Å². The Hall–Kier alpha value is -0.130.